The highest BCUT2D eigenvalue weighted by atomic mass is 79.9. The number of benzene rings is 1. The highest BCUT2D eigenvalue weighted by Gasteiger charge is 2.07. The second-order valence-corrected chi connectivity index (χ2v) is 4.79. The second kappa shape index (κ2) is 4.84. The van der Waals surface area contributed by atoms with Crippen LogP contribution in [-0.4, -0.2) is 9.97 Å². The summed E-state index contributed by atoms with van der Waals surface area (Å²) in [5.74, 6) is 1.30. The van der Waals surface area contributed by atoms with Crippen molar-refractivity contribution in [2.24, 2.45) is 0 Å². The van der Waals surface area contributed by atoms with Crippen molar-refractivity contribution in [2.45, 2.75) is 20.8 Å². The van der Waals surface area contributed by atoms with Crippen LogP contribution in [0, 0.1) is 20.8 Å². The summed E-state index contributed by atoms with van der Waals surface area (Å²) in [6, 6.07) is 5.93. The molecule has 1 aromatic heterocycles. The van der Waals surface area contributed by atoms with E-state index >= 15 is 0 Å². The van der Waals surface area contributed by atoms with Gasteiger partial charge in [0.1, 0.15) is 5.75 Å². The van der Waals surface area contributed by atoms with Crippen LogP contribution >= 0.6 is 15.9 Å². The lowest BCUT2D eigenvalue weighted by Crippen LogP contribution is -1.96. The molecule has 17 heavy (non-hydrogen) atoms. The number of rotatable bonds is 2. The number of aryl methyl sites for hydroxylation is 3. The van der Waals surface area contributed by atoms with Crippen molar-refractivity contribution in [3.05, 3.63) is 45.8 Å². The second-order valence-electron chi connectivity index (χ2n) is 3.94. The van der Waals surface area contributed by atoms with Gasteiger partial charge in [-0.05, 0) is 54.4 Å². The minimum absolute atomic E-state index is 0.551. The minimum Gasteiger partial charge on any atom is -0.436 e. The molecule has 1 aromatic carbocycles. The first kappa shape index (κ1) is 12.0. The molecule has 0 saturated heterocycles. The quantitative estimate of drug-likeness (QED) is 0.840. The molecule has 0 amide bonds. The third-order valence-corrected chi connectivity index (χ3v) is 2.95. The van der Waals surface area contributed by atoms with Crippen molar-refractivity contribution < 1.29 is 4.74 Å². The molecule has 3 nitrogen and oxygen atoms in total. The number of aromatic nitrogens is 2. The van der Waals surface area contributed by atoms with Gasteiger partial charge >= 0.3 is 0 Å². The molecule has 0 bridgehead atoms. The van der Waals surface area contributed by atoms with Crippen LogP contribution < -0.4 is 4.74 Å². The fraction of sp³-hybridized carbons (Fsp3) is 0.231. The van der Waals surface area contributed by atoms with Crippen LogP contribution in [0.1, 0.15) is 17.0 Å². The lowest BCUT2D eigenvalue weighted by Gasteiger charge is -2.09. The van der Waals surface area contributed by atoms with E-state index in [1.165, 1.54) is 5.56 Å². The fourth-order valence-electron chi connectivity index (χ4n) is 1.40. The highest BCUT2D eigenvalue weighted by Crippen LogP contribution is 2.30. The van der Waals surface area contributed by atoms with Gasteiger partial charge in [-0.15, -0.1) is 0 Å². The van der Waals surface area contributed by atoms with Crippen molar-refractivity contribution in [3.63, 3.8) is 0 Å². The number of halogens is 1. The van der Waals surface area contributed by atoms with Gasteiger partial charge < -0.3 is 4.74 Å². The van der Waals surface area contributed by atoms with Crippen LogP contribution in [0.4, 0.5) is 0 Å². The van der Waals surface area contributed by atoms with Crippen molar-refractivity contribution in [1.29, 1.82) is 0 Å². The molecule has 1 heterocycles. The van der Waals surface area contributed by atoms with Crippen LogP contribution in [0.3, 0.4) is 0 Å². The average Bonchev–Trinajstić information content (AvgIpc) is 2.27. The van der Waals surface area contributed by atoms with Gasteiger partial charge in [-0.3, -0.25) is 4.98 Å². The Kier molecular flexibility index (Phi) is 3.43. The Balaban J connectivity index is 2.34. The minimum atomic E-state index is 0.551. The molecule has 0 spiro atoms. The predicted octanol–water partition coefficient (Wildman–Crippen LogP) is 3.96. The summed E-state index contributed by atoms with van der Waals surface area (Å²) < 4.78 is 6.67. The van der Waals surface area contributed by atoms with E-state index < -0.39 is 0 Å². The summed E-state index contributed by atoms with van der Waals surface area (Å²) >= 11 is 3.47. The third-order valence-electron chi connectivity index (χ3n) is 2.33. The molecule has 88 valence electrons. The smallest absolute Gasteiger partial charge is 0.241 e. The molecule has 0 saturated carbocycles. The van der Waals surface area contributed by atoms with Crippen LogP contribution in [-0.2, 0) is 0 Å². The Labute approximate surface area is 109 Å². The zero-order chi connectivity index (χ0) is 12.4. The van der Waals surface area contributed by atoms with Gasteiger partial charge in [-0.1, -0.05) is 6.07 Å². The SMILES string of the molecule is Cc1ccc(Oc2nc(C)cnc2C)c(Br)c1. The van der Waals surface area contributed by atoms with Crippen LogP contribution in [0.2, 0.25) is 0 Å². The monoisotopic (exact) mass is 292 g/mol. The van der Waals surface area contributed by atoms with E-state index in [1.54, 1.807) is 6.20 Å². The van der Waals surface area contributed by atoms with Crippen molar-refractivity contribution >= 4 is 15.9 Å². The molecule has 0 N–H and O–H groups in total. The maximum Gasteiger partial charge on any atom is 0.241 e. The van der Waals surface area contributed by atoms with Gasteiger partial charge in [-0.2, -0.15) is 0 Å². The summed E-state index contributed by atoms with van der Waals surface area (Å²) in [5.41, 5.74) is 2.80. The Morgan fingerprint density at radius 3 is 2.65 bits per heavy atom. The van der Waals surface area contributed by atoms with E-state index in [9.17, 15) is 0 Å². The molecule has 0 aliphatic rings. The van der Waals surface area contributed by atoms with E-state index in [0.29, 0.717) is 5.88 Å². The summed E-state index contributed by atoms with van der Waals surface area (Å²) in [4.78, 5) is 8.55. The standard InChI is InChI=1S/C13H13BrN2O/c1-8-4-5-12(11(14)6-8)17-13-10(3)15-7-9(2)16-13/h4-7H,1-3H3. The maximum atomic E-state index is 5.76. The van der Waals surface area contributed by atoms with Gasteiger partial charge in [0.2, 0.25) is 5.88 Å². The van der Waals surface area contributed by atoms with Crippen LogP contribution in [0.25, 0.3) is 0 Å². The van der Waals surface area contributed by atoms with E-state index in [-0.39, 0.29) is 0 Å². The summed E-state index contributed by atoms with van der Waals surface area (Å²) in [5, 5.41) is 0. The van der Waals surface area contributed by atoms with E-state index in [1.807, 2.05) is 39.0 Å². The van der Waals surface area contributed by atoms with Crippen molar-refractivity contribution in [2.75, 3.05) is 0 Å². The third kappa shape index (κ3) is 2.82. The van der Waals surface area contributed by atoms with E-state index in [2.05, 4.69) is 25.9 Å². The normalized spacial score (nSPS) is 10.4. The summed E-state index contributed by atoms with van der Waals surface area (Å²) in [6.45, 7) is 5.81. The summed E-state index contributed by atoms with van der Waals surface area (Å²) in [6.07, 6.45) is 1.73. The Hall–Kier alpha value is -1.42. The van der Waals surface area contributed by atoms with Crippen molar-refractivity contribution in [3.8, 4) is 11.6 Å². The molecule has 2 rings (SSSR count). The molecular weight excluding hydrogens is 280 g/mol. The van der Waals surface area contributed by atoms with E-state index in [4.69, 9.17) is 4.74 Å². The van der Waals surface area contributed by atoms with Crippen molar-refractivity contribution in [1.82, 2.24) is 9.97 Å². The highest BCUT2D eigenvalue weighted by molar-refractivity contribution is 9.10. The zero-order valence-electron chi connectivity index (χ0n) is 9.99. The van der Waals surface area contributed by atoms with Gasteiger partial charge in [0.15, 0.2) is 0 Å². The van der Waals surface area contributed by atoms with Gasteiger partial charge in [0, 0.05) is 6.20 Å². The first-order chi connectivity index (χ1) is 8.06. The van der Waals surface area contributed by atoms with E-state index in [0.717, 1.165) is 21.6 Å². The molecule has 0 aliphatic heterocycles. The lowest BCUT2D eigenvalue weighted by atomic mass is 10.2. The molecule has 0 fully saturated rings. The Bertz CT molecular complexity index is 555. The summed E-state index contributed by atoms with van der Waals surface area (Å²) in [7, 11) is 0. The predicted molar refractivity (Wildman–Crippen MR) is 70.5 cm³/mol. The molecule has 0 unspecified atom stereocenters. The first-order valence-corrected chi connectivity index (χ1v) is 6.10. The first-order valence-electron chi connectivity index (χ1n) is 5.30. The molecule has 2 aromatic rings. The number of nitrogens with zero attached hydrogens (tertiary/aromatic N) is 2. The molecule has 0 aliphatic carbocycles. The molecule has 0 atom stereocenters. The number of hydrogen-bond acceptors (Lipinski definition) is 3. The van der Waals surface area contributed by atoms with Crippen LogP contribution in [0.5, 0.6) is 11.6 Å². The van der Waals surface area contributed by atoms with Crippen LogP contribution in [0.15, 0.2) is 28.9 Å². The van der Waals surface area contributed by atoms with Gasteiger partial charge in [0.25, 0.3) is 0 Å². The fourth-order valence-corrected chi connectivity index (χ4v) is 1.98. The Morgan fingerprint density at radius 1 is 1.18 bits per heavy atom. The zero-order valence-corrected chi connectivity index (χ0v) is 11.6. The topological polar surface area (TPSA) is 35.0 Å². The molecule has 4 heteroatoms. The molecule has 0 radical (unpaired) electrons. The number of ether oxygens (including phenoxy) is 1. The average molecular weight is 293 g/mol. The van der Waals surface area contributed by atoms with Gasteiger partial charge in [-0.25, -0.2) is 4.98 Å². The largest absolute Gasteiger partial charge is 0.436 e. The maximum absolute atomic E-state index is 5.76. The molecular formula is C13H13BrN2O. The Morgan fingerprint density at radius 2 is 1.94 bits per heavy atom. The number of hydrogen-bond donors (Lipinski definition) is 0. The van der Waals surface area contributed by atoms with Gasteiger partial charge in [0.05, 0.1) is 15.9 Å². The lowest BCUT2D eigenvalue weighted by molar-refractivity contribution is 0.451.